The van der Waals surface area contributed by atoms with Crippen LogP contribution in [0.1, 0.15) is 43.1 Å². The zero-order valence-corrected chi connectivity index (χ0v) is 21.7. The number of ether oxygens (including phenoxy) is 2. The molecular weight excluding hydrogens is 531 g/mol. The zero-order valence-electron chi connectivity index (χ0n) is 20.1. The van der Waals surface area contributed by atoms with Gasteiger partial charge in [0.25, 0.3) is 5.91 Å². The van der Waals surface area contributed by atoms with Crippen molar-refractivity contribution < 1.29 is 32.2 Å². The van der Waals surface area contributed by atoms with Crippen molar-refractivity contribution in [2.45, 2.75) is 25.6 Å². The highest BCUT2D eigenvalue weighted by Crippen LogP contribution is 2.41. The van der Waals surface area contributed by atoms with Gasteiger partial charge in [0.1, 0.15) is 4.88 Å². The first kappa shape index (κ1) is 26.7. The molecule has 4 rings (SSSR count). The van der Waals surface area contributed by atoms with Crippen LogP contribution in [-0.4, -0.2) is 49.0 Å². The molecule has 1 aliphatic rings. The summed E-state index contributed by atoms with van der Waals surface area (Å²) >= 11 is 6.70. The average molecular weight is 554 g/mol. The Morgan fingerprint density at radius 1 is 1.16 bits per heavy atom. The van der Waals surface area contributed by atoms with E-state index in [0.29, 0.717) is 40.8 Å². The Morgan fingerprint density at radius 2 is 1.81 bits per heavy atom. The van der Waals surface area contributed by atoms with Gasteiger partial charge >= 0.3 is 6.18 Å². The minimum atomic E-state index is -4.78. The molecule has 0 radical (unpaired) electrons. The van der Waals surface area contributed by atoms with E-state index in [2.05, 4.69) is 10.3 Å². The number of benzene rings is 2. The van der Waals surface area contributed by atoms with Crippen LogP contribution in [0.4, 0.5) is 13.2 Å². The fraction of sp³-hybridized carbons (Fsp3) is 0.320. The molecule has 3 aromatic rings. The standard InChI is InChI=1S/C25H23ClF3N3O4S/c1-13-31-23(25(27,28)29)22(37-13)24(34)30-12-20(33)32-9-8-15-10-18(35-2)19(36-3)11-17(15)21(32)14-4-6-16(26)7-5-14/h4-7,10-11,21H,8-9,12H2,1-3H3,(H,30,34). The number of thiazole rings is 1. The number of halogens is 4. The summed E-state index contributed by atoms with van der Waals surface area (Å²) in [6.07, 6.45) is -4.27. The number of carbonyl (C=O) groups is 2. The fourth-order valence-electron chi connectivity index (χ4n) is 4.33. The maximum absolute atomic E-state index is 13.4. The molecule has 1 aliphatic heterocycles. The Bertz CT molecular complexity index is 1330. The monoisotopic (exact) mass is 553 g/mol. The molecule has 0 spiro atoms. The summed E-state index contributed by atoms with van der Waals surface area (Å²) < 4.78 is 50.8. The third-order valence-corrected chi connectivity index (χ3v) is 7.21. The number of alkyl halides is 3. The van der Waals surface area contributed by atoms with E-state index in [-0.39, 0.29) is 5.01 Å². The van der Waals surface area contributed by atoms with Gasteiger partial charge in [0.05, 0.1) is 31.8 Å². The van der Waals surface area contributed by atoms with Crippen LogP contribution >= 0.6 is 22.9 Å². The number of nitrogens with zero attached hydrogens (tertiary/aromatic N) is 2. The molecule has 2 aromatic carbocycles. The van der Waals surface area contributed by atoms with Gasteiger partial charge < -0.3 is 19.7 Å². The van der Waals surface area contributed by atoms with Crippen molar-refractivity contribution in [1.29, 1.82) is 0 Å². The largest absolute Gasteiger partial charge is 0.493 e. The van der Waals surface area contributed by atoms with Gasteiger partial charge in [0.15, 0.2) is 17.2 Å². The van der Waals surface area contributed by atoms with Crippen LogP contribution in [0.25, 0.3) is 0 Å². The number of aryl methyl sites for hydroxylation is 1. The van der Waals surface area contributed by atoms with Crippen LogP contribution in [0.3, 0.4) is 0 Å². The molecule has 1 N–H and O–H groups in total. The lowest BCUT2D eigenvalue weighted by molar-refractivity contribution is -0.141. The second-order valence-electron chi connectivity index (χ2n) is 8.29. The second kappa shape index (κ2) is 10.6. The highest BCUT2D eigenvalue weighted by Gasteiger charge is 2.39. The van der Waals surface area contributed by atoms with Crippen LogP contribution in [0, 0.1) is 6.92 Å². The van der Waals surface area contributed by atoms with Gasteiger partial charge in [-0.3, -0.25) is 9.59 Å². The Hall–Kier alpha value is -3.31. The van der Waals surface area contributed by atoms with Crippen LogP contribution in [-0.2, 0) is 17.4 Å². The summed E-state index contributed by atoms with van der Waals surface area (Å²) in [5.74, 6) is -0.409. The molecular formula is C25H23ClF3N3O4S. The summed E-state index contributed by atoms with van der Waals surface area (Å²) in [6.45, 7) is 1.21. The summed E-state index contributed by atoms with van der Waals surface area (Å²) in [7, 11) is 3.05. The van der Waals surface area contributed by atoms with Crippen LogP contribution < -0.4 is 14.8 Å². The van der Waals surface area contributed by atoms with E-state index < -0.39 is 41.1 Å². The fourth-order valence-corrected chi connectivity index (χ4v) is 5.31. The van der Waals surface area contributed by atoms with Gasteiger partial charge in [0, 0.05) is 11.6 Å². The van der Waals surface area contributed by atoms with E-state index in [0.717, 1.165) is 16.7 Å². The van der Waals surface area contributed by atoms with Crippen LogP contribution in [0.5, 0.6) is 11.5 Å². The number of carbonyl (C=O) groups excluding carboxylic acids is 2. The van der Waals surface area contributed by atoms with Gasteiger partial charge in [0.2, 0.25) is 5.91 Å². The summed E-state index contributed by atoms with van der Waals surface area (Å²) in [5.41, 5.74) is 1.28. The SMILES string of the molecule is COc1cc2c(cc1OC)C(c1ccc(Cl)cc1)N(C(=O)CNC(=O)c1sc(C)nc1C(F)(F)F)CC2. The van der Waals surface area contributed by atoms with E-state index >= 15 is 0 Å². The first-order chi connectivity index (χ1) is 17.5. The summed E-state index contributed by atoms with van der Waals surface area (Å²) in [4.78, 5) is 30.4. The van der Waals surface area contributed by atoms with Crippen LogP contribution in [0.15, 0.2) is 36.4 Å². The van der Waals surface area contributed by atoms with E-state index in [1.807, 2.05) is 6.07 Å². The Balaban J connectivity index is 1.63. The minimum Gasteiger partial charge on any atom is -0.493 e. The number of hydrogen-bond acceptors (Lipinski definition) is 6. The van der Waals surface area contributed by atoms with Crippen molar-refractivity contribution in [2.75, 3.05) is 27.3 Å². The van der Waals surface area contributed by atoms with E-state index in [1.165, 1.54) is 21.1 Å². The van der Waals surface area contributed by atoms with Crippen molar-refractivity contribution in [3.05, 3.63) is 73.7 Å². The number of nitrogens with one attached hydrogen (secondary N) is 1. The number of methoxy groups -OCH3 is 2. The molecule has 2 heterocycles. The highest BCUT2D eigenvalue weighted by atomic mass is 35.5. The van der Waals surface area contributed by atoms with Crippen molar-refractivity contribution in [3.8, 4) is 11.5 Å². The molecule has 0 saturated carbocycles. The molecule has 37 heavy (non-hydrogen) atoms. The van der Waals surface area contributed by atoms with Gasteiger partial charge in [-0.2, -0.15) is 13.2 Å². The average Bonchev–Trinajstić information content (AvgIpc) is 3.28. The molecule has 1 aromatic heterocycles. The van der Waals surface area contributed by atoms with Crippen molar-refractivity contribution in [2.24, 2.45) is 0 Å². The first-order valence-corrected chi connectivity index (χ1v) is 12.4. The molecule has 2 amide bonds. The topological polar surface area (TPSA) is 80.8 Å². The number of amides is 2. The van der Waals surface area contributed by atoms with E-state index in [1.54, 1.807) is 35.2 Å². The molecule has 1 unspecified atom stereocenters. The molecule has 196 valence electrons. The molecule has 0 saturated heterocycles. The normalized spacial score (nSPS) is 15.2. The third-order valence-electron chi connectivity index (χ3n) is 5.99. The van der Waals surface area contributed by atoms with Crippen molar-refractivity contribution >= 4 is 34.8 Å². The molecule has 0 bridgehead atoms. The maximum Gasteiger partial charge on any atom is 0.435 e. The maximum atomic E-state index is 13.4. The quantitative estimate of drug-likeness (QED) is 0.462. The minimum absolute atomic E-state index is 0.101. The number of aromatic nitrogens is 1. The van der Waals surface area contributed by atoms with Gasteiger partial charge in [-0.15, -0.1) is 11.3 Å². The van der Waals surface area contributed by atoms with Crippen molar-refractivity contribution in [1.82, 2.24) is 15.2 Å². The van der Waals surface area contributed by atoms with E-state index in [9.17, 15) is 22.8 Å². The van der Waals surface area contributed by atoms with Crippen molar-refractivity contribution in [3.63, 3.8) is 0 Å². The Labute approximate surface area is 220 Å². The third kappa shape index (κ3) is 5.52. The zero-order chi connectivity index (χ0) is 26.9. The molecule has 1 atom stereocenters. The lowest BCUT2D eigenvalue weighted by Gasteiger charge is -2.38. The first-order valence-electron chi connectivity index (χ1n) is 11.2. The highest BCUT2D eigenvalue weighted by molar-refractivity contribution is 7.13. The second-order valence-corrected chi connectivity index (χ2v) is 9.93. The molecule has 0 aliphatic carbocycles. The Morgan fingerprint density at radius 3 is 2.43 bits per heavy atom. The summed E-state index contributed by atoms with van der Waals surface area (Å²) in [6, 6.07) is 10.1. The lowest BCUT2D eigenvalue weighted by Crippen LogP contribution is -2.45. The molecule has 0 fully saturated rings. The predicted octanol–water partition coefficient (Wildman–Crippen LogP) is 5.05. The number of rotatable bonds is 6. The molecule has 12 heteroatoms. The smallest absolute Gasteiger partial charge is 0.435 e. The van der Waals surface area contributed by atoms with Crippen LogP contribution in [0.2, 0.25) is 5.02 Å². The predicted molar refractivity (Wildman–Crippen MR) is 132 cm³/mol. The summed E-state index contributed by atoms with van der Waals surface area (Å²) in [5, 5.41) is 2.97. The molecule has 7 nitrogen and oxygen atoms in total. The van der Waals surface area contributed by atoms with E-state index in [4.69, 9.17) is 21.1 Å². The number of fused-ring (bicyclic) bond motifs is 1. The van der Waals surface area contributed by atoms with Gasteiger partial charge in [-0.1, -0.05) is 23.7 Å². The van der Waals surface area contributed by atoms with Gasteiger partial charge in [-0.05, 0) is 54.3 Å². The van der Waals surface area contributed by atoms with Gasteiger partial charge in [-0.25, -0.2) is 4.98 Å². The number of hydrogen-bond donors (Lipinski definition) is 1. The lowest BCUT2D eigenvalue weighted by atomic mass is 9.87. The Kier molecular flexibility index (Phi) is 7.65.